The van der Waals surface area contributed by atoms with Gasteiger partial charge in [-0.15, -0.1) is 0 Å². The van der Waals surface area contributed by atoms with Gasteiger partial charge in [-0.3, -0.25) is 19.4 Å². The molecule has 8 nitrogen and oxygen atoms in total. The minimum Gasteiger partial charge on any atom is -0.340 e. The number of amidine groups is 1. The van der Waals surface area contributed by atoms with Crippen molar-refractivity contribution < 1.29 is 13.2 Å². The lowest BCUT2D eigenvalue weighted by Gasteiger charge is -2.23. The van der Waals surface area contributed by atoms with E-state index in [1.807, 2.05) is 29.2 Å². The summed E-state index contributed by atoms with van der Waals surface area (Å²) in [6.45, 7) is 5.31. The van der Waals surface area contributed by atoms with E-state index in [0.29, 0.717) is 24.2 Å². The standard InChI is InChI=1S/C23H25N5O3S/c1-17(25-22-20-5-2-3-6-21(20)32(30,31)26-22)23(29)28-12-4-11-27(13-14-28)16-19-9-7-18(15-24)8-10-19/h2-3,5-10,17H,4,11-14,16H2,1H3,(H,25,26)/t17-/m0/s1. The van der Waals surface area contributed by atoms with E-state index in [0.717, 1.165) is 31.6 Å². The highest BCUT2D eigenvalue weighted by molar-refractivity contribution is 7.90. The number of sulfonamides is 1. The third-order valence-electron chi connectivity index (χ3n) is 5.73. The number of fused-ring (bicyclic) bond motifs is 1. The number of carbonyl (C=O) groups excluding carboxylic acids is 1. The van der Waals surface area contributed by atoms with Crippen molar-refractivity contribution in [1.29, 1.82) is 5.26 Å². The first-order valence-electron chi connectivity index (χ1n) is 10.6. The molecular formula is C23H25N5O3S. The van der Waals surface area contributed by atoms with E-state index >= 15 is 0 Å². The number of amides is 1. The molecule has 0 radical (unpaired) electrons. The van der Waals surface area contributed by atoms with Crippen molar-refractivity contribution in [1.82, 2.24) is 14.5 Å². The van der Waals surface area contributed by atoms with Crippen molar-refractivity contribution in [2.45, 2.75) is 30.8 Å². The van der Waals surface area contributed by atoms with Crippen molar-refractivity contribution in [2.75, 3.05) is 26.2 Å². The SMILES string of the molecule is C[C@H](N=C1NS(=O)(=O)c2ccccc21)C(=O)N1CCCN(Cc2ccc(C#N)cc2)CC1. The molecule has 2 aliphatic rings. The van der Waals surface area contributed by atoms with Crippen LogP contribution in [0.5, 0.6) is 0 Å². The molecule has 0 aromatic heterocycles. The quantitative estimate of drug-likeness (QED) is 0.762. The highest BCUT2D eigenvalue weighted by atomic mass is 32.2. The summed E-state index contributed by atoms with van der Waals surface area (Å²) in [6, 6.07) is 15.6. The number of rotatable bonds is 4. The molecule has 2 heterocycles. The molecule has 2 aromatic carbocycles. The molecule has 0 bridgehead atoms. The summed E-state index contributed by atoms with van der Waals surface area (Å²) in [5, 5.41) is 8.94. The number of hydrogen-bond acceptors (Lipinski definition) is 6. The average Bonchev–Trinajstić information content (AvgIpc) is 2.93. The first-order valence-corrected chi connectivity index (χ1v) is 12.1. The molecule has 2 aromatic rings. The number of benzene rings is 2. The largest absolute Gasteiger partial charge is 0.340 e. The van der Waals surface area contributed by atoms with E-state index in [1.165, 1.54) is 6.07 Å². The Hall–Kier alpha value is -3.22. The number of nitrogens with zero attached hydrogens (tertiary/aromatic N) is 4. The van der Waals surface area contributed by atoms with Crippen LogP contribution in [0.25, 0.3) is 0 Å². The van der Waals surface area contributed by atoms with E-state index in [2.05, 4.69) is 20.7 Å². The lowest BCUT2D eigenvalue weighted by atomic mass is 10.1. The summed E-state index contributed by atoms with van der Waals surface area (Å²) in [5.74, 6) is 0.111. The number of hydrogen-bond donors (Lipinski definition) is 1. The molecule has 166 valence electrons. The summed E-state index contributed by atoms with van der Waals surface area (Å²) in [5.41, 5.74) is 2.27. The highest BCUT2D eigenvalue weighted by Gasteiger charge is 2.32. The highest BCUT2D eigenvalue weighted by Crippen LogP contribution is 2.23. The molecule has 1 atom stereocenters. The third-order valence-corrected chi connectivity index (χ3v) is 7.13. The lowest BCUT2D eigenvalue weighted by Crippen LogP contribution is -2.40. The number of carbonyl (C=O) groups is 1. The second-order valence-electron chi connectivity index (χ2n) is 8.02. The van der Waals surface area contributed by atoms with Crippen molar-refractivity contribution in [3.63, 3.8) is 0 Å². The van der Waals surface area contributed by atoms with Crippen molar-refractivity contribution in [3.8, 4) is 6.07 Å². The molecule has 0 aliphatic carbocycles. The minimum absolute atomic E-state index is 0.110. The average molecular weight is 452 g/mol. The molecule has 0 spiro atoms. The summed E-state index contributed by atoms with van der Waals surface area (Å²) in [7, 11) is -3.63. The maximum atomic E-state index is 13.0. The zero-order valence-electron chi connectivity index (χ0n) is 17.9. The Morgan fingerprint density at radius 1 is 1.12 bits per heavy atom. The lowest BCUT2D eigenvalue weighted by molar-refractivity contribution is -0.132. The first-order chi connectivity index (χ1) is 15.4. The molecule has 1 amide bonds. The minimum atomic E-state index is -3.63. The van der Waals surface area contributed by atoms with E-state index in [1.54, 1.807) is 25.1 Å². The van der Waals surface area contributed by atoms with Crippen molar-refractivity contribution in [2.24, 2.45) is 4.99 Å². The van der Waals surface area contributed by atoms with E-state index in [4.69, 9.17) is 5.26 Å². The van der Waals surface area contributed by atoms with Gasteiger partial charge in [0.2, 0.25) is 5.91 Å². The van der Waals surface area contributed by atoms with Gasteiger partial charge in [0.1, 0.15) is 11.9 Å². The van der Waals surface area contributed by atoms with Gasteiger partial charge in [0, 0.05) is 38.3 Å². The Labute approximate surface area is 188 Å². The Balaban J connectivity index is 1.40. The van der Waals surface area contributed by atoms with Crippen LogP contribution in [0, 0.1) is 11.3 Å². The van der Waals surface area contributed by atoms with Crippen LogP contribution in [0.15, 0.2) is 58.4 Å². The smallest absolute Gasteiger partial charge is 0.263 e. The van der Waals surface area contributed by atoms with Crippen molar-refractivity contribution in [3.05, 3.63) is 65.2 Å². The van der Waals surface area contributed by atoms with Gasteiger partial charge in [-0.2, -0.15) is 5.26 Å². The summed E-state index contributed by atoms with van der Waals surface area (Å²) < 4.78 is 27.0. The van der Waals surface area contributed by atoms with Crippen LogP contribution in [0.3, 0.4) is 0 Å². The van der Waals surface area contributed by atoms with Crippen molar-refractivity contribution >= 4 is 21.8 Å². The third kappa shape index (κ3) is 4.66. The van der Waals surface area contributed by atoms with Gasteiger partial charge in [0.15, 0.2) is 0 Å². The zero-order valence-corrected chi connectivity index (χ0v) is 18.7. The van der Waals surface area contributed by atoms with Gasteiger partial charge in [-0.25, -0.2) is 8.42 Å². The van der Waals surface area contributed by atoms with Crippen LogP contribution >= 0.6 is 0 Å². The molecule has 1 fully saturated rings. The second kappa shape index (κ2) is 9.10. The Bertz CT molecular complexity index is 1180. The van der Waals surface area contributed by atoms with Crippen LogP contribution in [0.2, 0.25) is 0 Å². The Morgan fingerprint density at radius 3 is 2.62 bits per heavy atom. The maximum Gasteiger partial charge on any atom is 0.263 e. The van der Waals surface area contributed by atoms with Crippen LogP contribution in [0.1, 0.15) is 30.0 Å². The number of aliphatic imine (C=N–C) groups is 1. The summed E-state index contributed by atoms with van der Waals surface area (Å²) >= 11 is 0. The fraction of sp³-hybridized carbons (Fsp3) is 0.348. The zero-order chi connectivity index (χ0) is 22.7. The fourth-order valence-corrected chi connectivity index (χ4v) is 5.27. The molecule has 1 N–H and O–H groups in total. The van der Waals surface area contributed by atoms with Gasteiger partial charge in [-0.05, 0) is 43.2 Å². The topological polar surface area (TPSA) is 106 Å². The predicted octanol–water partition coefficient (Wildman–Crippen LogP) is 1.72. The summed E-state index contributed by atoms with van der Waals surface area (Å²) in [4.78, 5) is 21.8. The monoisotopic (exact) mass is 451 g/mol. The van der Waals surface area contributed by atoms with E-state index in [9.17, 15) is 13.2 Å². The molecule has 32 heavy (non-hydrogen) atoms. The molecule has 2 aliphatic heterocycles. The molecule has 1 saturated heterocycles. The maximum absolute atomic E-state index is 13.0. The van der Waals surface area contributed by atoms with Crippen LogP contribution < -0.4 is 4.72 Å². The molecular weight excluding hydrogens is 426 g/mol. The predicted molar refractivity (Wildman–Crippen MR) is 120 cm³/mol. The summed E-state index contributed by atoms with van der Waals surface area (Å²) in [6.07, 6.45) is 0.848. The number of nitriles is 1. The van der Waals surface area contributed by atoms with E-state index in [-0.39, 0.29) is 16.6 Å². The van der Waals surface area contributed by atoms with Gasteiger partial charge < -0.3 is 4.90 Å². The molecule has 0 unspecified atom stereocenters. The normalized spacial score (nSPS) is 20.1. The van der Waals surface area contributed by atoms with Gasteiger partial charge in [0.25, 0.3) is 10.0 Å². The van der Waals surface area contributed by atoms with E-state index < -0.39 is 16.1 Å². The Kier molecular flexibility index (Phi) is 6.26. The van der Waals surface area contributed by atoms with Gasteiger partial charge in [0.05, 0.1) is 16.5 Å². The first kappa shape index (κ1) is 22.0. The second-order valence-corrected chi connectivity index (χ2v) is 9.67. The number of nitrogens with one attached hydrogen (secondary N) is 1. The van der Waals surface area contributed by atoms with Crippen LogP contribution in [0.4, 0.5) is 0 Å². The van der Waals surface area contributed by atoms with Crippen LogP contribution in [-0.4, -0.2) is 62.2 Å². The van der Waals surface area contributed by atoms with Gasteiger partial charge in [-0.1, -0.05) is 24.3 Å². The van der Waals surface area contributed by atoms with Crippen LogP contribution in [-0.2, 0) is 21.4 Å². The van der Waals surface area contributed by atoms with Gasteiger partial charge >= 0.3 is 0 Å². The molecule has 9 heteroatoms. The Morgan fingerprint density at radius 2 is 1.88 bits per heavy atom. The molecule has 0 saturated carbocycles. The fourth-order valence-electron chi connectivity index (χ4n) is 4.04. The molecule has 4 rings (SSSR count).